The summed E-state index contributed by atoms with van der Waals surface area (Å²) in [6, 6.07) is 0. The number of rotatable bonds is 3. The van der Waals surface area contributed by atoms with E-state index in [9.17, 15) is 31.1 Å². The molecule has 0 saturated heterocycles. The lowest BCUT2D eigenvalue weighted by Gasteiger charge is -2.18. The predicted octanol–water partition coefficient (Wildman–Crippen LogP) is 2.16. The van der Waals surface area contributed by atoms with Crippen molar-refractivity contribution < 1.29 is 41.0 Å². The van der Waals surface area contributed by atoms with Crippen molar-refractivity contribution in [2.45, 2.75) is 19.1 Å². The van der Waals surface area contributed by atoms with Crippen LogP contribution in [0.3, 0.4) is 0 Å². The van der Waals surface area contributed by atoms with Crippen LogP contribution in [0.25, 0.3) is 0 Å². The smallest absolute Gasteiger partial charge is 0.478 e. The van der Waals surface area contributed by atoms with Crippen LogP contribution in [0.2, 0.25) is 0 Å². The Morgan fingerprint density at radius 1 is 1.30 bits per heavy atom. The Bertz CT molecular complexity index is 526. The van der Waals surface area contributed by atoms with E-state index in [1.165, 1.54) is 0 Å². The minimum atomic E-state index is -5.46. The highest BCUT2D eigenvalue weighted by Gasteiger charge is 2.43. The lowest BCUT2D eigenvalue weighted by Crippen LogP contribution is -2.24. The lowest BCUT2D eigenvalue weighted by atomic mass is 10.1. The van der Waals surface area contributed by atoms with Gasteiger partial charge in [0.25, 0.3) is 0 Å². The van der Waals surface area contributed by atoms with Crippen LogP contribution < -0.4 is 10.5 Å². The summed E-state index contributed by atoms with van der Waals surface area (Å²) in [5.74, 6) is -3.54. The molecule has 0 aliphatic heterocycles. The maximum Gasteiger partial charge on any atom is 0.573 e. The molecule has 3 N–H and O–H groups in total. The first-order valence-electron chi connectivity index (χ1n) is 4.75. The van der Waals surface area contributed by atoms with Gasteiger partial charge < -0.3 is 15.6 Å². The average molecular weight is 304 g/mol. The van der Waals surface area contributed by atoms with Crippen molar-refractivity contribution >= 4 is 5.97 Å². The number of nitrogens with two attached hydrogens (primary N) is 1. The number of pyridine rings is 1. The van der Waals surface area contributed by atoms with Crippen molar-refractivity contribution in [3.63, 3.8) is 0 Å². The van der Waals surface area contributed by atoms with E-state index in [1.807, 2.05) is 0 Å². The normalized spacial score (nSPS) is 12.3. The van der Waals surface area contributed by atoms with Crippen LogP contribution >= 0.6 is 0 Å². The summed E-state index contributed by atoms with van der Waals surface area (Å²) in [5, 5.41) is 8.70. The third-order valence-electron chi connectivity index (χ3n) is 2.06. The Kier molecular flexibility index (Phi) is 4.12. The number of hydrogen-bond acceptors (Lipinski definition) is 4. The van der Waals surface area contributed by atoms with Crippen molar-refractivity contribution in [3.05, 3.63) is 23.0 Å². The molecule has 0 atom stereocenters. The van der Waals surface area contributed by atoms with E-state index in [0.29, 0.717) is 0 Å². The minimum absolute atomic E-state index is 0.274. The van der Waals surface area contributed by atoms with Gasteiger partial charge in [0.05, 0.1) is 5.56 Å². The largest absolute Gasteiger partial charge is 0.573 e. The molecule has 0 unspecified atom stereocenters. The van der Waals surface area contributed by atoms with Gasteiger partial charge in [-0.2, -0.15) is 13.2 Å². The molecule has 5 nitrogen and oxygen atoms in total. The van der Waals surface area contributed by atoms with E-state index in [1.54, 1.807) is 0 Å². The quantitative estimate of drug-likeness (QED) is 0.836. The number of carboxylic acids is 1. The molecule has 0 saturated carbocycles. The number of hydrogen-bond donors (Lipinski definition) is 2. The molecule has 0 aliphatic carbocycles. The number of nitrogens with zero attached hydrogens (tertiary/aromatic N) is 1. The number of aromatic carboxylic acids is 1. The number of carbonyl (C=O) groups is 1. The fourth-order valence-electron chi connectivity index (χ4n) is 1.35. The number of alkyl halides is 6. The van der Waals surface area contributed by atoms with E-state index in [-0.39, 0.29) is 6.20 Å². The van der Waals surface area contributed by atoms with Gasteiger partial charge in [-0.15, -0.1) is 13.2 Å². The molecule has 0 radical (unpaired) electrons. The first-order valence-corrected chi connectivity index (χ1v) is 4.75. The average Bonchev–Trinajstić information content (AvgIpc) is 2.24. The molecule has 0 aromatic carbocycles. The third kappa shape index (κ3) is 3.50. The Labute approximate surface area is 107 Å². The Morgan fingerprint density at radius 2 is 1.85 bits per heavy atom. The number of aromatic nitrogens is 1. The third-order valence-corrected chi connectivity index (χ3v) is 2.06. The van der Waals surface area contributed by atoms with Crippen molar-refractivity contribution in [2.24, 2.45) is 5.73 Å². The zero-order valence-corrected chi connectivity index (χ0v) is 9.34. The molecule has 1 aromatic rings. The van der Waals surface area contributed by atoms with Crippen molar-refractivity contribution in [1.82, 2.24) is 4.98 Å². The van der Waals surface area contributed by atoms with Crippen LogP contribution in [0, 0.1) is 0 Å². The first kappa shape index (κ1) is 16.0. The second kappa shape index (κ2) is 5.15. The highest BCUT2D eigenvalue weighted by atomic mass is 19.4. The molecule has 1 heterocycles. The number of ether oxygens (including phenoxy) is 1. The SMILES string of the molecule is NCc1c(C(=O)O)cnc(C(F)(F)F)c1OC(F)(F)F. The molecular formula is C9H6F6N2O3. The van der Waals surface area contributed by atoms with E-state index in [0.717, 1.165) is 0 Å². The molecule has 20 heavy (non-hydrogen) atoms. The standard InChI is InChI=1S/C9H6F6N2O3/c10-8(11,12)6-5(20-9(13,14)15)3(1-16)4(2-17-6)7(18)19/h2H,1,16H2,(H,18,19). The molecule has 1 aromatic heterocycles. The molecule has 0 amide bonds. The molecule has 0 spiro atoms. The van der Waals surface area contributed by atoms with E-state index < -0.39 is 47.6 Å². The molecule has 0 fully saturated rings. The topological polar surface area (TPSA) is 85.4 Å². The summed E-state index contributed by atoms with van der Waals surface area (Å²) in [6.45, 7) is -0.904. The van der Waals surface area contributed by atoms with Crippen LogP contribution in [-0.4, -0.2) is 22.4 Å². The second-order valence-corrected chi connectivity index (χ2v) is 3.38. The second-order valence-electron chi connectivity index (χ2n) is 3.38. The molecule has 1 rings (SSSR count). The van der Waals surface area contributed by atoms with E-state index >= 15 is 0 Å². The van der Waals surface area contributed by atoms with E-state index in [4.69, 9.17) is 10.8 Å². The summed E-state index contributed by atoms with van der Waals surface area (Å²) in [6.07, 6.45) is -10.4. The Hall–Kier alpha value is -2.04. The van der Waals surface area contributed by atoms with Gasteiger partial charge in [-0.3, -0.25) is 0 Å². The van der Waals surface area contributed by atoms with Gasteiger partial charge in [-0.25, -0.2) is 9.78 Å². The summed E-state index contributed by atoms with van der Waals surface area (Å²) < 4.78 is 77.4. The van der Waals surface area contributed by atoms with Gasteiger partial charge in [0.2, 0.25) is 0 Å². The van der Waals surface area contributed by atoms with E-state index in [2.05, 4.69) is 9.72 Å². The highest BCUT2D eigenvalue weighted by Crippen LogP contribution is 2.40. The predicted molar refractivity (Wildman–Crippen MR) is 50.8 cm³/mol. The number of halogens is 6. The van der Waals surface area contributed by atoms with Crippen molar-refractivity contribution in [2.75, 3.05) is 0 Å². The summed E-state index contributed by atoms with van der Waals surface area (Å²) in [7, 11) is 0. The van der Waals surface area contributed by atoms with Crippen LogP contribution in [0.4, 0.5) is 26.3 Å². The molecular weight excluding hydrogens is 298 g/mol. The fourth-order valence-corrected chi connectivity index (χ4v) is 1.35. The van der Waals surface area contributed by atoms with Gasteiger partial charge >= 0.3 is 18.5 Å². The molecule has 0 aliphatic rings. The minimum Gasteiger partial charge on any atom is -0.478 e. The van der Waals surface area contributed by atoms with Gasteiger partial charge in [-0.05, 0) is 0 Å². The maximum absolute atomic E-state index is 12.6. The van der Waals surface area contributed by atoms with Crippen LogP contribution in [0.1, 0.15) is 21.6 Å². The van der Waals surface area contributed by atoms with Crippen molar-refractivity contribution in [3.8, 4) is 5.75 Å². The Balaban J connectivity index is 3.60. The van der Waals surface area contributed by atoms with Gasteiger partial charge in [-0.1, -0.05) is 0 Å². The monoisotopic (exact) mass is 304 g/mol. The van der Waals surface area contributed by atoms with Crippen LogP contribution in [0.15, 0.2) is 6.20 Å². The van der Waals surface area contributed by atoms with Gasteiger partial charge in [0.15, 0.2) is 11.4 Å². The number of carboxylic acid groups (broad SMARTS) is 1. The summed E-state index contributed by atoms with van der Waals surface area (Å²) >= 11 is 0. The maximum atomic E-state index is 12.6. The van der Waals surface area contributed by atoms with Gasteiger partial charge in [0.1, 0.15) is 0 Å². The van der Waals surface area contributed by atoms with Crippen molar-refractivity contribution in [1.29, 1.82) is 0 Å². The first-order chi connectivity index (χ1) is 8.97. The van der Waals surface area contributed by atoms with Crippen LogP contribution in [0.5, 0.6) is 5.75 Å². The zero-order chi connectivity index (χ0) is 15.7. The van der Waals surface area contributed by atoms with Crippen LogP contribution in [-0.2, 0) is 12.7 Å². The van der Waals surface area contributed by atoms with Gasteiger partial charge in [0, 0.05) is 18.3 Å². The highest BCUT2D eigenvalue weighted by molar-refractivity contribution is 5.90. The molecule has 112 valence electrons. The lowest BCUT2D eigenvalue weighted by molar-refractivity contribution is -0.276. The molecule has 0 bridgehead atoms. The Morgan fingerprint density at radius 3 is 2.20 bits per heavy atom. The summed E-state index contributed by atoms with van der Waals surface area (Å²) in [5.41, 5.74) is 1.16. The fraction of sp³-hybridized carbons (Fsp3) is 0.333. The molecule has 11 heteroatoms. The zero-order valence-electron chi connectivity index (χ0n) is 9.34. The summed E-state index contributed by atoms with van der Waals surface area (Å²) in [4.78, 5) is 13.4.